The zero-order valence-corrected chi connectivity index (χ0v) is 16.6. The second-order valence-electron chi connectivity index (χ2n) is 7.22. The Kier molecular flexibility index (Phi) is 5.68. The highest BCUT2D eigenvalue weighted by Crippen LogP contribution is 2.22. The topological polar surface area (TPSA) is 67.7 Å². The van der Waals surface area contributed by atoms with Crippen molar-refractivity contribution in [3.8, 4) is 0 Å². The van der Waals surface area contributed by atoms with E-state index < -0.39 is 0 Å². The second kappa shape index (κ2) is 7.98. The van der Waals surface area contributed by atoms with Crippen molar-refractivity contribution in [3.63, 3.8) is 0 Å². The molecule has 0 spiro atoms. The van der Waals surface area contributed by atoms with Crippen LogP contribution in [-0.2, 0) is 11.8 Å². The van der Waals surface area contributed by atoms with Crippen LogP contribution >= 0.6 is 0 Å². The monoisotopic (exact) mass is 372 g/mol. The Morgan fingerprint density at radius 3 is 2.56 bits per heavy atom. The number of hydrogen-bond acceptors (Lipinski definition) is 4. The van der Waals surface area contributed by atoms with Crippen LogP contribution in [0.3, 0.4) is 0 Å². The van der Waals surface area contributed by atoms with Crippen LogP contribution in [0.1, 0.15) is 49.3 Å². The van der Waals surface area contributed by atoms with Gasteiger partial charge in [0.15, 0.2) is 0 Å². The van der Waals surface area contributed by atoms with Crippen molar-refractivity contribution in [2.24, 2.45) is 7.05 Å². The molecule has 2 aromatic rings. The Hall–Kier alpha value is -2.57. The molecule has 2 heterocycles. The number of hydrogen-bond donors (Lipinski definition) is 0. The number of ether oxygens (including phenoxy) is 1. The van der Waals surface area contributed by atoms with Gasteiger partial charge < -0.3 is 19.1 Å². The number of nitrogens with zero attached hydrogens (tertiary/aromatic N) is 4. The summed E-state index contributed by atoms with van der Waals surface area (Å²) >= 11 is 0. The number of amides is 2. The number of aromatic nitrogens is 2. The number of carbonyl (C=O) groups excluding carboxylic acids is 2. The third-order valence-corrected chi connectivity index (χ3v) is 4.99. The van der Waals surface area contributed by atoms with Crippen molar-refractivity contribution in [2.45, 2.75) is 33.1 Å². The fraction of sp³-hybridized carbons (Fsp3) is 0.550. The van der Waals surface area contributed by atoms with Gasteiger partial charge in [-0.05, 0) is 31.5 Å². The summed E-state index contributed by atoms with van der Waals surface area (Å²) in [6, 6.07) is 5.70. The highest BCUT2D eigenvalue weighted by Gasteiger charge is 2.24. The zero-order valence-electron chi connectivity index (χ0n) is 16.6. The van der Waals surface area contributed by atoms with Crippen LogP contribution in [0.5, 0.6) is 0 Å². The fourth-order valence-electron chi connectivity index (χ4n) is 3.57. The minimum Gasteiger partial charge on any atom is -0.450 e. The molecule has 0 saturated carbocycles. The first kappa shape index (κ1) is 19.2. The van der Waals surface area contributed by atoms with Gasteiger partial charge in [0, 0.05) is 44.7 Å². The molecule has 0 atom stereocenters. The van der Waals surface area contributed by atoms with E-state index in [2.05, 4.69) is 18.4 Å². The molecule has 1 fully saturated rings. The maximum atomic E-state index is 13.0. The summed E-state index contributed by atoms with van der Waals surface area (Å²) < 4.78 is 7.15. The predicted octanol–water partition coefficient (Wildman–Crippen LogP) is 3.00. The van der Waals surface area contributed by atoms with Crippen LogP contribution in [0.4, 0.5) is 4.79 Å². The Labute approximate surface area is 159 Å². The normalized spacial score (nSPS) is 15.3. The number of fused-ring (bicyclic) bond motifs is 1. The molecule has 1 aromatic heterocycles. The first-order chi connectivity index (χ1) is 12.9. The lowest BCUT2D eigenvalue weighted by Gasteiger charge is -2.21. The van der Waals surface area contributed by atoms with Gasteiger partial charge in [-0.15, -0.1) is 0 Å². The number of rotatable bonds is 3. The molecule has 2 amide bonds. The van der Waals surface area contributed by atoms with Gasteiger partial charge >= 0.3 is 6.09 Å². The lowest BCUT2D eigenvalue weighted by molar-refractivity contribution is 0.0753. The molecular formula is C20H28N4O3. The van der Waals surface area contributed by atoms with Crippen molar-refractivity contribution in [2.75, 3.05) is 32.8 Å². The summed E-state index contributed by atoms with van der Waals surface area (Å²) in [5.74, 6) is 1.31. The van der Waals surface area contributed by atoms with Crippen molar-refractivity contribution in [3.05, 3.63) is 29.6 Å². The minimum atomic E-state index is -0.303. The third kappa shape index (κ3) is 3.91. The van der Waals surface area contributed by atoms with E-state index in [-0.39, 0.29) is 12.0 Å². The molecule has 0 bridgehead atoms. The Morgan fingerprint density at radius 1 is 1.15 bits per heavy atom. The SMILES string of the molecule is CCOC(=O)N1CCCN(C(=O)c2ccc3c(c2)nc(C(C)C)n3C)CC1. The van der Waals surface area contributed by atoms with Gasteiger partial charge in [-0.25, -0.2) is 9.78 Å². The highest BCUT2D eigenvalue weighted by molar-refractivity contribution is 5.97. The van der Waals surface area contributed by atoms with E-state index in [1.54, 1.807) is 11.8 Å². The summed E-state index contributed by atoms with van der Waals surface area (Å²) in [6.45, 7) is 8.62. The molecule has 27 heavy (non-hydrogen) atoms. The quantitative estimate of drug-likeness (QED) is 0.831. The molecule has 1 aliphatic heterocycles. The van der Waals surface area contributed by atoms with E-state index in [0.29, 0.717) is 44.3 Å². The molecule has 0 radical (unpaired) electrons. The molecule has 0 unspecified atom stereocenters. The second-order valence-corrected chi connectivity index (χ2v) is 7.22. The van der Waals surface area contributed by atoms with E-state index >= 15 is 0 Å². The molecular weight excluding hydrogens is 344 g/mol. The van der Waals surface area contributed by atoms with Gasteiger partial charge in [-0.1, -0.05) is 13.8 Å². The largest absolute Gasteiger partial charge is 0.450 e. The average Bonchev–Trinajstić information content (AvgIpc) is 2.83. The molecule has 7 nitrogen and oxygen atoms in total. The summed E-state index contributed by atoms with van der Waals surface area (Å²) in [6.07, 6.45) is 0.441. The fourth-order valence-corrected chi connectivity index (χ4v) is 3.57. The van der Waals surface area contributed by atoms with Crippen LogP contribution in [0, 0.1) is 0 Å². The van der Waals surface area contributed by atoms with Gasteiger partial charge in [0.2, 0.25) is 0 Å². The molecule has 7 heteroatoms. The average molecular weight is 372 g/mol. The summed E-state index contributed by atoms with van der Waals surface area (Å²) in [5, 5.41) is 0. The van der Waals surface area contributed by atoms with Crippen molar-refractivity contribution >= 4 is 23.0 Å². The van der Waals surface area contributed by atoms with E-state index in [9.17, 15) is 9.59 Å². The van der Waals surface area contributed by atoms with Gasteiger partial charge in [0.05, 0.1) is 17.6 Å². The Morgan fingerprint density at radius 2 is 1.85 bits per heavy atom. The predicted molar refractivity (Wildman–Crippen MR) is 104 cm³/mol. The highest BCUT2D eigenvalue weighted by atomic mass is 16.6. The number of imidazole rings is 1. The van der Waals surface area contributed by atoms with Gasteiger partial charge in [-0.2, -0.15) is 0 Å². The number of benzene rings is 1. The summed E-state index contributed by atoms with van der Waals surface area (Å²) in [7, 11) is 2.00. The maximum absolute atomic E-state index is 13.0. The van der Waals surface area contributed by atoms with Crippen LogP contribution in [0.15, 0.2) is 18.2 Å². The Bertz CT molecular complexity index is 843. The maximum Gasteiger partial charge on any atom is 0.409 e. The lowest BCUT2D eigenvalue weighted by Crippen LogP contribution is -2.37. The minimum absolute atomic E-state index is 0.0145. The third-order valence-electron chi connectivity index (χ3n) is 4.99. The van der Waals surface area contributed by atoms with Crippen molar-refractivity contribution in [1.29, 1.82) is 0 Å². The van der Waals surface area contributed by atoms with E-state index in [1.807, 2.05) is 30.1 Å². The van der Waals surface area contributed by atoms with E-state index in [1.165, 1.54) is 0 Å². The van der Waals surface area contributed by atoms with Crippen molar-refractivity contribution < 1.29 is 14.3 Å². The Balaban J connectivity index is 1.76. The van der Waals surface area contributed by atoms with Crippen LogP contribution in [0.2, 0.25) is 0 Å². The van der Waals surface area contributed by atoms with Crippen LogP contribution < -0.4 is 0 Å². The molecule has 0 aliphatic carbocycles. The number of carbonyl (C=O) groups is 2. The first-order valence-electron chi connectivity index (χ1n) is 9.59. The van der Waals surface area contributed by atoms with Gasteiger partial charge in [0.1, 0.15) is 5.82 Å². The smallest absolute Gasteiger partial charge is 0.409 e. The zero-order chi connectivity index (χ0) is 19.6. The molecule has 146 valence electrons. The van der Waals surface area contributed by atoms with Crippen LogP contribution in [0.25, 0.3) is 11.0 Å². The molecule has 3 rings (SSSR count). The van der Waals surface area contributed by atoms with E-state index in [4.69, 9.17) is 9.72 Å². The van der Waals surface area contributed by atoms with Crippen LogP contribution in [-0.4, -0.2) is 64.1 Å². The molecule has 1 saturated heterocycles. The molecule has 0 N–H and O–H groups in total. The van der Waals surface area contributed by atoms with Crippen molar-refractivity contribution in [1.82, 2.24) is 19.4 Å². The van der Waals surface area contributed by atoms with Gasteiger partial charge in [0.25, 0.3) is 5.91 Å². The lowest BCUT2D eigenvalue weighted by atomic mass is 10.1. The van der Waals surface area contributed by atoms with E-state index in [0.717, 1.165) is 23.3 Å². The summed E-state index contributed by atoms with van der Waals surface area (Å²) in [5.41, 5.74) is 2.51. The molecule has 1 aliphatic rings. The number of aryl methyl sites for hydroxylation is 1. The summed E-state index contributed by atoms with van der Waals surface area (Å²) in [4.78, 5) is 33.1. The first-order valence-corrected chi connectivity index (χ1v) is 9.59. The standard InChI is InChI=1S/C20H28N4O3/c1-5-27-20(26)24-10-6-9-23(11-12-24)19(25)15-7-8-17-16(13-15)21-18(14(2)3)22(17)4/h7-8,13-14H,5-6,9-12H2,1-4H3. The molecule has 1 aromatic carbocycles. The van der Waals surface area contributed by atoms with Gasteiger partial charge in [-0.3, -0.25) is 4.79 Å².